The molecule has 2 N–H and O–H groups in total. The first-order valence-corrected chi connectivity index (χ1v) is 7.51. The van der Waals surface area contributed by atoms with Crippen LogP contribution in [0.5, 0.6) is 0 Å². The van der Waals surface area contributed by atoms with Crippen molar-refractivity contribution in [2.24, 2.45) is 5.92 Å². The summed E-state index contributed by atoms with van der Waals surface area (Å²) in [5.74, 6) is 0.434. The van der Waals surface area contributed by atoms with Crippen molar-refractivity contribution in [2.75, 3.05) is 18.4 Å². The van der Waals surface area contributed by atoms with E-state index in [4.69, 9.17) is 0 Å². The molecule has 0 fully saturated rings. The number of aromatic nitrogens is 2. The van der Waals surface area contributed by atoms with Crippen LogP contribution < -0.4 is 16.2 Å². The van der Waals surface area contributed by atoms with E-state index in [1.807, 2.05) is 20.8 Å². The van der Waals surface area contributed by atoms with Gasteiger partial charge in [0.1, 0.15) is 4.47 Å². The van der Waals surface area contributed by atoms with E-state index in [-0.39, 0.29) is 11.5 Å². The zero-order chi connectivity index (χ0) is 15.1. The molecule has 0 atom stereocenters. The van der Waals surface area contributed by atoms with Crippen LogP contribution in [0.4, 0.5) is 5.69 Å². The number of amides is 1. The second-order valence-electron chi connectivity index (χ2n) is 4.87. The first kappa shape index (κ1) is 16.7. The minimum absolute atomic E-state index is 0.00261. The van der Waals surface area contributed by atoms with Crippen molar-refractivity contribution in [2.45, 2.75) is 33.7 Å². The first-order valence-electron chi connectivity index (χ1n) is 6.71. The lowest BCUT2D eigenvalue weighted by Gasteiger charge is -2.10. The monoisotopic (exact) mass is 344 g/mol. The molecule has 0 aliphatic rings. The van der Waals surface area contributed by atoms with Gasteiger partial charge in [0.15, 0.2) is 0 Å². The SMILES string of the molecule is CCn1ncc(NCCC(=O)NCC(C)C)c(Br)c1=O. The fourth-order valence-electron chi connectivity index (χ4n) is 1.53. The summed E-state index contributed by atoms with van der Waals surface area (Å²) >= 11 is 3.25. The van der Waals surface area contributed by atoms with Crippen LogP contribution in [-0.4, -0.2) is 28.8 Å². The Morgan fingerprint density at radius 1 is 1.50 bits per heavy atom. The Kier molecular flexibility index (Phi) is 6.70. The molecule has 0 saturated carbocycles. The number of rotatable bonds is 7. The lowest BCUT2D eigenvalue weighted by atomic mass is 10.2. The average molecular weight is 345 g/mol. The Bertz CT molecular complexity index is 514. The molecule has 7 heteroatoms. The molecule has 1 aromatic rings. The fraction of sp³-hybridized carbons (Fsp3) is 0.615. The Hall–Kier alpha value is -1.37. The van der Waals surface area contributed by atoms with Crippen molar-refractivity contribution in [1.29, 1.82) is 0 Å². The van der Waals surface area contributed by atoms with Gasteiger partial charge in [0.05, 0.1) is 11.9 Å². The van der Waals surface area contributed by atoms with Crippen LogP contribution in [-0.2, 0) is 11.3 Å². The summed E-state index contributed by atoms with van der Waals surface area (Å²) in [5.41, 5.74) is 0.429. The van der Waals surface area contributed by atoms with Gasteiger partial charge in [-0.05, 0) is 28.8 Å². The third-order valence-electron chi connectivity index (χ3n) is 2.66. The summed E-state index contributed by atoms with van der Waals surface area (Å²) in [5, 5.41) is 9.91. The van der Waals surface area contributed by atoms with E-state index in [2.05, 4.69) is 31.7 Å². The number of nitrogens with zero attached hydrogens (tertiary/aromatic N) is 2. The molecule has 0 aliphatic heterocycles. The Morgan fingerprint density at radius 2 is 2.20 bits per heavy atom. The zero-order valence-electron chi connectivity index (χ0n) is 12.1. The molecule has 20 heavy (non-hydrogen) atoms. The molecule has 0 unspecified atom stereocenters. The number of halogens is 1. The van der Waals surface area contributed by atoms with Gasteiger partial charge in [-0.25, -0.2) is 4.68 Å². The van der Waals surface area contributed by atoms with Crippen molar-refractivity contribution in [1.82, 2.24) is 15.1 Å². The summed E-state index contributed by atoms with van der Waals surface area (Å²) in [4.78, 5) is 23.4. The molecule has 0 aliphatic carbocycles. The molecule has 0 saturated heterocycles. The Morgan fingerprint density at radius 3 is 2.80 bits per heavy atom. The molecule has 0 spiro atoms. The number of carbonyl (C=O) groups excluding carboxylic acids is 1. The van der Waals surface area contributed by atoms with E-state index < -0.39 is 0 Å². The molecule has 1 heterocycles. The predicted octanol–water partition coefficient (Wildman–Crippen LogP) is 1.60. The predicted molar refractivity (Wildman–Crippen MR) is 82.8 cm³/mol. The molecule has 112 valence electrons. The quantitative estimate of drug-likeness (QED) is 0.787. The van der Waals surface area contributed by atoms with Gasteiger partial charge in [0.2, 0.25) is 5.91 Å². The zero-order valence-corrected chi connectivity index (χ0v) is 13.7. The van der Waals surface area contributed by atoms with Gasteiger partial charge in [0.25, 0.3) is 5.56 Å². The van der Waals surface area contributed by atoms with Gasteiger partial charge in [-0.2, -0.15) is 5.10 Å². The van der Waals surface area contributed by atoms with E-state index >= 15 is 0 Å². The summed E-state index contributed by atoms with van der Waals surface area (Å²) in [7, 11) is 0. The van der Waals surface area contributed by atoms with Gasteiger partial charge in [0, 0.05) is 26.1 Å². The van der Waals surface area contributed by atoms with Gasteiger partial charge < -0.3 is 10.6 Å². The van der Waals surface area contributed by atoms with E-state index in [1.54, 1.807) is 6.20 Å². The number of hydrogen-bond donors (Lipinski definition) is 2. The van der Waals surface area contributed by atoms with Gasteiger partial charge >= 0.3 is 0 Å². The highest BCUT2D eigenvalue weighted by molar-refractivity contribution is 9.10. The smallest absolute Gasteiger partial charge is 0.283 e. The second-order valence-corrected chi connectivity index (χ2v) is 5.66. The van der Waals surface area contributed by atoms with Crippen LogP contribution in [0.2, 0.25) is 0 Å². The van der Waals surface area contributed by atoms with Crippen molar-refractivity contribution < 1.29 is 4.79 Å². The maximum atomic E-state index is 11.8. The maximum absolute atomic E-state index is 11.8. The van der Waals surface area contributed by atoms with Crippen LogP contribution in [0.3, 0.4) is 0 Å². The summed E-state index contributed by atoms with van der Waals surface area (Å²) in [6.07, 6.45) is 1.94. The van der Waals surface area contributed by atoms with E-state index in [9.17, 15) is 9.59 Å². The lowest BCUT2D eigenvalue weighted by molar-refractivity contribution is -0.120. The number of hydrogen-bond acceptors (Lipinski definition) is 4. The minimum atomic E-state index is -0.179. The fourth-order valence-corrected chi connectivity index (χ4v) is 1.98. The minimum Gasteiger partial charge on any atom is -0.382 e. The Labute approximate surface area is 127 Å². The molecular formula is C13H21BrN4O2. The summed E-state index contributed by atoms with van der Waals surface area (Å²) in [6, 6.07) is 0. The van der Waals surface area contributed by atoms with Crippen LogP contribution >= 0.6 is 15.9 Å². The maximum Gasteiger partial charge on any atom is 0.283 e. The second kappa shape index (κ2) is 8.04. The lowest BCUT2D eigenvalue weighted by Crippen LogP contribution is -2.29. The van der Waals surface area contributed by atoms with Crippen molar-refractivity contribution >= 4 is 27.5 Å². The molecule has 1 aromatic heterocycles. The molecule has 6 nitrogen and oxygen atoms in total. The van der Waals surface area contributed by atoms with Gasteiger partial charge in [-0.3, -0.25) is 9.59 Å². The highest BCUT2D eigenvalue weighted by Crippen LogP contribution is 2.15. The molecule has 0 aromatic carbocycles. The van der Waals surface area contributed by atoms with Crippen LogP contribution in [0.1, 0.15) is 27.2 Å². The van der Waals surface area contributed by atoms with Crippen molar-refractivity contribution in [3.63, 3.8) is 0 Å². The van der Waals surface area contributed by atoms with Crippen molar-refractivity contribution in [3.05, 3.63) is 21.0 Å². The van der Waals surface area contributed by atoms with Crippen LogP contribution in [0, 0.1) is 5.92 Å². The van der Waals surface area contributed by atoms with Gasteiger partial charge in [-0.1, -0.05) is 13.8 Å². The molecule has 1 rings (SSSR count). The third kappa shape index (κ3) is 4.96. The van der Waals surface area contributed by atoms with E-state index in [0.717, 1.165) is 0 Å². The molecule has 0 radical (unpaired) electrons. The summed E-state index contributed by atoms with van der Waals surface area (Å²) < 4.78 is 1.81. The highest BCUT2D eigenvalue weighted by Gasteiger charge is 2.08. The Balaban J connectivity index is 2.49. The third-order valence-corrected chi connectivity index (χ3v) is 3.43. The average Bonchev–Trinajstić information content (AvgIpc) is 2.41. The van der Waals surface area contributed by atoms with Crippen LogP contribution in [0.15, 0.2) is 15.5 Å². The van der Waals surface area contributed by atoms with Gasteiger partial charge in [-0.15, -0.1) is 0 Å². The topological polar surface area (TPSA) is 76.0 Å². The van der Waals surface area contributed by atoms with E-state index in [0.29, 0.717) is 42.1 Å². The standard InChI is InChI=1S/C13H21BrN4O2/c1-4-18-13(20)12(14)10(8-17-18)15-6-5-11(19)16-7-9(2)3/h8-9,15H,4-7H2,1-3H3,(H,16,19). The highest BCUT2D eigenvalue weighted by atomic mass is 79.9. The van der Waals surface area contributed by atoms with E-state index in [1.165, 1.54) is 4.68 Å². The number of anilines is 1. The molecule has 1 amide bonds. The summed E-state index contributed by atoms with van der Waals surface area (Å²) in [6.45, 7) is 7.60. The number of nitrogens with one attached hydrogen (secondary N) is 2. The molecular weight excluding hydrogens is 324 g/mol. The largest absolute Gasteiger partial charge is 0.382 e. The normalized spacial score (nSPS) is 10.7. The first-order chi connectivity index (χ1) is 9.45. The number of aryl methyl sites for hydroxylation is 1. The molecule has 0 bridgehead atoms. The number of carbonyl (C=O) groups is 1. The van der Waals surface area contributed by atoms with Crippen molar-refractivity contribution in [3.8, 4) is 0 Å². The van der Waals surface area contributed by atoms with Crippen LogP contribution in [0.25, 0.3) is 0 Å².